The molecule has 0 aromatic carbocycles. The molecule has 8 nitrogen and oxygen atoms in total. The van der Waals surface area contributed by atoms with E-state index in [1.165, 1.54) is 25.7 Å². The molecule has 0 saturated heterocycles. The molecule has 1 rings (SSSR count). The second-order valence-corrected chi connectivity index (χ2v) is 14.3. The van der Waals surface area contributed by atoms with Crippen molar-refractivity contribution in [1.29, 1.82) is 0 Å². The molecule has 0 spiro atoms. The van der Waals surface area contributed by atoms with Crippen LogP contribution in [0.25, 0.3) is 0 Å². The van der Waals surface area contributed by atoms with Crippen LogP contribution in [0.2, 0.25) is 0 Å². The first kappa shape index (κ1) is 45.6. The first-order chi connectivity index (χ1) is 24.6. The number of rotatable bonds is 26. The quantitative estimate of drug-likeness (QED) is 0.0387. The summed E-state index contributed by atoms with van der Waals surface area (Å²) in [6, 6.07) is 0. The van der Waals surface area contributed by atoms with Crippen molar-refractivity contribution in [3.05, 3.63) is 0 Å². The van der Waals surface area contributed by atoms with Crippen molar-refractivity contribution in [3.63, 3.8) is 0 Å². The first-order valence-corrected chi connectivity index (χ1v) is 20.1. The van der Waals surface area contributed by atoms with E-state index in [0.717, 1.165) is 89.9 Å². The molecule has 2 unspecified atom stereocenters. The van der Waals surface area contributed by atoms with Gasteiger partial charge in [-0.05, 0) is 55.8 Å². The van der Waals surface area contributed by atoms with Crippen LogP contribution in [-0.2, 0) is 28.7 Å². The second kappa shape index (κ2) is 28.2. The zero-order chi connectivity index (χ0) is 37.7. The molecule has 0 heterocycles. The van der Waals surface area contributed by atoms with Gasteiger partial charge >= 0.3 is 11.9 Å². The van der Waals surface area contributed by atoms with E-state index in [2.05, 4.69) is 50.4 Å². The molecule has 1 fully saturated rings. The summed E-state index contributed by atoms with van der Waals surface area (Å²) in [5.41, 5.74) is 0. The Bertz CT molecular complexity index is 1190. The number of nitrogens with zero attached hydrogens (tertiary/aromatic N) is 2. The van der Waals surface area contributed by atoms with Crippen molar-refractivity contribution >= 4 is 23.8 Å². The summed E-state index contributed by atoms with van der Waals surface area (Å²) in [5, 5.41) is 0. The summed E-state index contributed by atoms with van der Waals surface area (Å²) in [4.78, 5) is 56.9. The lowest BCUT2D eigenvalue weighted by Gasteiger charge is -2.38. The Labute approximate surface area is 310 Å². The Balaban J connectivity index is 2.98. The van der Waals surface area contributed by atoms with E-state index in [1.54, 1.807) is 18.7 Å². The molecule has 286 valence electrons. The summed E-state index contributed by atoms with van der Waals surface area (Å²) in [5.74, 6) is 8.14. The highest BCUT2D eigenvalue weighted by atomic mass is 16.7. The van der Waals surface area contributed by atoms with Crippen molar-refractivity contribution in [1.82, 2.24) is 9.80 Å². The zero-order valence-electron chi connectivity index (χ0n) is 32.8. The lowest BCUT2D eigenvalue weighted by atomic mass is 9.93. The van der Waals surface area contributed by atoms with Crippen molar-refractivity contribution in [2.45, 2.75) is 175 Å². The SMILES string of the molecule is C#CC#CC#CC(=O)N(CCCCCCCC)CC(C)C(=O)OC1(OC(=O)C(C)CN(CCCCCCCC)C(=O)CCCCC)CCCCC1. The van der Waals surface area contributed by atoms with Crippen molar-refractivity contribution in [2.75, 3.05) is 26.2 Å². The second-order valence-electron chi connectivity index (χ2n) is 14.3. The Morgan fingerprint density at radius 2 is 1.10 bits per heavy atom. The van der Waals surface area contributed by atoms with Gasteiger partial charge in [-0.15, -0.1) is 6.42 Å². The largest absolute Gasteiger partial charge is 0.422 e. The fourth-order valence-corrected chi connectivity index (χ4v) is 6.37. The summed E-state index contributed by atoms with van der Waals surface area (Å²) in [6.07, 6.45) is 24.9. The van der Waals surface area contributed by atoms with Gasteiger partial charge in [0.1, 0.15) is 0 Å². The number of ether oxygens (including phenoxy) is 2. The van der Waals surface area contributed by atoms with E-state index in [0.29, 0.717) is 32.4 Å². The van der Waals surface area contributed by atoms with Crippen molar-refractivity contribution in [2.24, 2.45) is 11.8 Å². The topological polar surface area (TPSA) is 93.2 Å². The van der Waals surface area contributed by atoms with Gasteiger partial charge in [0.2, 0.25) is 5.91 Å². The predicted octanol–water partition coefficient (Wildman–Crippen LogP) is 8.60. The number of amides is 2. The van der Waals surface area contributed by atoms with Crippen LogP contribution in [0.15, 0.2) is 0 Å². The average molecular weight is 709 g/mol. The van der Waals surface area contributed by atoms with Crippen LogP contribution in [0.5, 0.6) is 0 Å². The van der Waals surface area contributed by atoms with E-state index in [9.17, 15) is 19.2 Å². The molecule has 1 saturated carbocycles. The number of unbranched alkanes of at least 4 members (excludes halogenated alkanes) is 12. The molecule has 2 atom stereocenters. The highest BCUT2D eigenvalue weighted by molar-refractivity contribution is 5.94. The van der Waals surface area contributed by atoms with E-state index in [-0.39, 0.29) is 19.0 Å². The number of carbonyl (C=O) groups excluding carboxylic acids is 4. The predicted molar refractivity (Wildman–Crippen MR) is 205 cm³/mol. The van der Waals surface area contributed by atoms with E-state index < -0.39 is 35.5 Å². The third-order valence-electron chi connectivity index (χ3n) is 9.55. The summed E-state index contributed by atoms with van der Waals surface area (Å²) in [6.45, 7) is 11.5. The fraction of sp³-hybridized carbons (Fsp3) is 0.767. The van der Waals surface area contributed by atoms with Crippen LogP contribution in [0.3, 0.4) is 0 Å². The lowest BCUT2D eigenvalue weighted by molar-refractivity contribution is -0.243. The molecule has 0 aromatic heterocycles. The van der Waals surface area contributed by atoms with Gasteiger partial charge in [-0.3, -0.25) is 19.2 Å². The van der Waals surface area contributed by atoms with E-state index >= 15 is 0 Å². The monoisotopic (exact) mass is 709 g/mol. The van der Waals surface area contributed by atoms with Crippen LogP contribution in [0.1, 0.15) is 169 Å². The van der Waals surface area contributed by atoms with Crippen LogP contribution in [-0.4, -0.2) is 65.5 Å². The van der Waals surface area contributed by atoms with Gasteiger partial charge < -0.3 is 19.3 Å². The molecule has 0 aromatic rings. The maximum Gasteiger partial charge on any atom is 0.313 e. The Morgan fingerprint density at radius 3 is 1.63 bits per heavy atom. The normalized spacial score (nSPS) is 14.4. The molecule has 8 heteroatoms. The van der Waals surface area contributed by atoms with Gasteiger partial charge in [-0.1, -0.05) is 118 Å². The number of hydrogen-bond donors (Lipinski definition) is 0. The Kier molecular flexibility index (Phi) is 25.2. The summed E-state index contributed by atoms with van der Waals surface area (Å²) in [7, 11) is 0. The molecular formula is C43H68N2O6. The summed E-state index contributed by atoms with van der Waals surface area (Å²) >= 11 is 0. The molecule has 0 aliphatic heterocycles. The molecule has 0 N–H and O–H groups in total. The highest BCUT2D eigenvalue weighted by Crippen LogP contribution is 2.34. The van der Waals surface area contributed by atoms with Crippen LogP contribution < -0.4 is 0 Å². The minimum absolute atomic E-state index is 0.0807. The minimum atomic E-state index is -1.36. The average Bonchev–Trinajstić information content (AvgIpc) is 3.11. The first-order valence-electron chi connectivity index (χ1n) is 20.1. The number of terminal acetylenes is 1. The molecule has 1 aliphatic rings. The molecule has 51 heavy (non-hydrogen) atoms. The van der Waals surface area contributed by atoms with Gasteiger partial charge in [0.25, 0.3) is 11.7 Å². The highest BCUT2D eigenvalue weighted by Gasteiger charge is 2.42. The van der Waals surface area contributed by atoms with Gasteiger partial charge in [0.05, 0.1) is 11.8 Å². The number of hydrogen-bond acceptors (Lipinski definition) is 6. The van der Waals surface area contributed by atoms with Gasteiger partial charge in [-0.2, -0.15) is 0 Å². The van der Waals surface area contributed by atoms with Gasteiger partial charge in [0, 0.05) is 51.4 Å². The van der Waals surface area contributed by atoms with Crippen LogP contribution in [0.4, 0.5) is 0 Å². The fourth-order valence-electron chi connectivity index (χ4n) is 6.37. The van der Waals surface area contributed by atoms with Crippen LogP contribution in [0, 0.1) is 47.9 Å². The smallest absolute Gasteiger partial charge is 0.313 e. The molecule has 2 amide bonds. The third-order valence-corrected chi connectivity index (χ3v) is 9.55. The van der Waals surface area contributed by atoms with Gasteiger partial charge in [0.15, 0.2) is 0 Å². The molecule has 0 bridgehead atoms. The van der Waals surface area contributed by atoms with E-state index in [4.69, 9.17) is 15.9 Å². The van der Waals surface area contributed by atoms with Crippen molar-refractivity contribution in [3.8, 4) is 36.0 Å². The number of carbonyl (C=O) groups is 4. The van der Waals surface area contributed by atoms with Crippen LogP contribution >= 0.6 is 0 Å². The summed E-state index contributed by atoms with van der Waals surface area (Å²) < 4.78 is 12.2. The zero-order valence-corrected chi connectivity index (χ0v) is 32.8. The maximum atomic E-state index is 13.6. The molecule has 0 radical (unpaired) electrons. The van der Waals surface area contributed by atoms with E-state index in [1.807, 2.05) is 4.90 Å². The third kappa shape index (κ3) is 20.3. The maximum absolute atomic E-state index is 13.6. The van der Waals surface area contributed by atoms with Crippen molar-refractivity contribution < 1.29 is 28.7 Å². The molecule has 1 aliphatic carbocycles. The Morgan fingerprint density at radius 1 is 0.627 bits per heavy atom. The standard InChI is InChI=1S/C43H68N2O6/c1-7-11-15-18-20-27-33-44(39(46)29-23-14-10-4)35-37(5)41(48)50-43(31-25-22-26-32-43)51-42(49)38(6)36-45(34-28-21-19-16-12-8-2)40(47)30-24-17-13-9-3/h3,37-38H,7-8,10-12,14-16,18-23,25-29,31-36H2,1-2,4-6H3. The van der Waals surface area contributed by atoms with Gasteiger partial charge in [-0.25, -0.2) is 0 Å². The lowest BCUT2D eigenvalue weighted by Crippen LogP contribution is -2.47. The molecular weight excluding hydrogens is 640 g/mol. The Hall–Kier alpha value is -3.44. The number of esters is 2. The minimum Gasteiger partial charge on any atom is -0.422 e.